The number of nitrogens with zero attached hydrogens (tertiary/aromatic N) is 1. The van der Waals surface area contributed by atoms with Crippen molar-refractivity contribution in [3.05, 3.63) is 29.6 Å². The molecule has 0 radical (unpaired) electrons. The van der Waals surface area contributed by atoms with Crippen LogP contribution in [0.15, 0.2) is 18.2 Å². The Kier molecular flexibility index (Phi) is 2.73. The molecule has 0 fully saturated rings. The Morgan fingerprint density at radius 3 is 2.92 bits per heavy atom. The highest BCUT2D eigenvalue weighted by atomic mass is 17.1. The van der Waals surface area contributed by atoms with E-state index in [0.29, 0.717) is 5.69 Å². The highest BCUT2D eigenvalue weighted by molar-refractivity contribution is 5.85. The third kappa shape index (κ3) is 2.01. The largest absolute Gasteiger partial charge is 0.477 e. The van der Waals surface area contributed by atoms with Gasteiger partial charge in [-0.05, 0) is 12.1 Å². The van der Waals surface area contributed by atoms with Crippen molar-refractivity contribution in [2.45, 2.75) is 6.61 Å². The lowest BCUT2D eigenvalue weighted by Gasteiger charge is -1.97. The molecule has 12 heavy (non-hydrogen) atoms. The van der Waals surface area contributed by atoms with Crippen molar-refractivity contribution < 1.29 is 20.0 Å². The van der Waals surface area contributed by atoms with E-state index >= 15 is 0 Å². The van der Waals surface area contributed by atoms with E-state index in [1.807, 2.05) is 0 Å². The van der Waals surface area contributed by atoms with Gasteiger partial charge in [-0.15, -0.1) is 0 Å². The standard InChI is InChI=1S/C7H7NO4/c9-7(10)6-3-1-2-5(8-6)4-12-11/h1-3,11H,4H2,(H,9,10). The minimum atomic E-state index is -1.10. The van der Waals surface area contributed by atoms with Gasteiger partial charge in [-0.1, -0.05) is 6.07 Å². The quantitative estimate of drug-likeness (QED) is 0.516. The highest BCUT2D eigenvalue weighted by Crippen LogP contribution is 2.00. The third-order valence-electron chi connectivity index (χ3n) is 1.24. The van der Waals surface area contributed by atoms with Crippen molar-refractivity contribution in [2.24, 2.45) is 0 Å². The van der Waals surface area contributed by atoms with Gasteiger partial charge in [0.2, 0.25) is 0 Å². The van der Waals surface area contributed by atoms with E-state index in [1.165, 1.54) is 12.1 Å². The molecule has 1 aromatic rings. The first-order chi connectivity index (χ1) is 5.74. The van der Waals surface area contributed by atoms with Crippen LogP contribution in [0.4, 0.5) is 0 Å². The van der Waals surface area contributed by atoms with E-state index in [4.69, 9.17) is 10.4 Å². The van der Waals surface area contributed by atoms with Crippen LogP contribution in [0.1, 0.15) is 16.2 Å². The van der Waals surface area contributed by atoms with E-state index in [2.05, 4.69) is 9.87 Å². The van der Waals surface area contributed by atoms with Gasteiger partial charge < -0.3 is 5.11 Å². The van der Waals surface area contributed by atoms with Gasteiger partial charge in [0.15, 0.2) is 0 Å². The molecule has 1 heterocycles. The minimum Gasteiger partial charge on any atom is -0.477 e. The Labute approximate surface area is 68.2 Å². The number of aromatic carboxylic acids is 1. The average Bonchev–Trinajstić information content (AvgIpc) is 2.05. The van der Waals surface area contributed by atoms with Gasteiger partial charge in [0, 0.05) is 0 Å². The maximum Gasteiger partial charge on any atom is 0.354 e. The fraction of sp³-hybridized carbons (Fsp3) is 0.143. The molecule has 5 nitrogen and oxygen atoms in total. The van der Waals surface area contributed by atoms with Crippen LogP contribution in [0.3, 0.4) is 0 Å². The van der Waals surface area contributed by atoms with Crippen LogP contribution in [-0.2, 0) is 11.5 Å². The average molecular weight is 169 g/mol. The summed E-state index contributed by atoms with van der Waals surface area (Å²) in [6, 6.07) is 4.46. The molecule has 0 saturated carbocycles. The van der Waals surface area contributed by atoms with Crippen LogP contribution in [0.25, 0.3) is 0 Å². The van der Waals surface area contributed by atoms with Crippen LogP contribution in [-0.4, -0.2) is 21.3 Å². The molecule has 2 N–H and O–H groups in total. The second-order valence-electron chi connectivity index (χ2n) is 2.09. The summed E-state index contributed by atoms with van der Waals surface area (Å²) in [6.45, 7) is -0.110. The number of hydrogen-bond donors (Lipinski definition) is 2. The fourth-order valence-corrected chi connectivity index (χ4v) is 0.745. The van der Waals surface area contributed by atoms with Crippen LogP contribution < -0.4 is 0 Å². The summed E-state index contributed by atoms with van der Waals surface area (Å²) in [5.41, 5.74) is 0.307. The number of carboxylic acids is 1. The first-order valence-electron chi connectivity index (χ1n) is 3.19. The smallest absolute Gasteiger partial charge is 0.354 e. The maximum absolute atomic E-state index is 10.4. The SMILES string of the molecule is O=C(O)c1cccc(COO)n1. The normalized spacial score (nSPS) is 9.75. The lowest BCUT2D eigenvalue weighted by atomic mass is 10.3. The van der Waals surface area contributed by atoms with E-state index in [1.54, 1.807) is 6.07 Å². The lowest BCUT2D eigenvalue weighted by Crippen LogP contribution is -2.02. The fourth-order valence-electron chi connectivity index (χ4n) is 0.745. The van der Waals surface area contributed by atoms with Crippen molar-refractivity contribution in [3.8, 4) is 0 Å². The lowest BCUT2D eigenvalue weighted by molar-refractivity contribution is -0.253. The molecule has 0 aliphatic carbocycles. The molecule has 0 spiro atoms. The zero-order valence-corrected chi connectivity index (χ0v) is 6.10. The molecular formula is C7H7NO4. The molecule has 0 atom stereocenters. The molecule has 64 valence electrons. The zero-order chi connectivity index (χ0) is 8.97. The molecule has 0 aromatic carbocycles. The number of carbonyl (C=O) groups is 1. The van der Waals surface area contributed by atoms with E-state index < -0.39 is 5.97 Å². The molecule has 0 saturated heterocycles. The molecule has 5 heteroatoms. The summed E-state index contributed by atoms with van der Waals surface area (Å²) in [7, 11) is 0. The first kappa shape index (κ1) is 8.63. The monoisotopic (exact) mass is 169 g/mol. The summed E-state index contributed by atoms with van der Waals surface area (Å²) >= 11 is 0. The van der Waals surface area contributed by atoms with Crippen molar-refractivity contribution >= 4 is 5.97 Å². The predicted octanol–water partition coefficient (Wildman–Crippen LogP) is 0.769. The molecule has 0 unspecified atom stereocenters. The molecule has 0 amide bonds. The predicted molar refractivity (Wildman–Crippen MR) is 38.6 cm³/mol. The van der Waals surface area contributed by atoms with Gasteiger partial charge in [-0.3, -0.25) is 5.26 Å². The summed E-state index contributed by atoms with van der Waals surface area (Å²) in [4.78, 5) is 17.9. The Morgan fingerprint density at radius 1 is 1.58 bits per heavy atom. The van der Waals surface area contributed by atoms with Crippen molar-refractivity contribution in [1.29, 1.82) is 0 Å². The summed E-state index contributed by atoms with van der Waals surface area (Å²) in [5.74, 6) is -1.10. The number of rotatable bonds is 3. The second kappa shape index (κ2) is 3.80. The molecule has 0 bridgehead atoms. The van der Waals surface area contributed by atoms with Crippen LogP contribution in [0, 0.1) is 0 Å². The van der Waals surface area contributed by atoms with Gasteiger partial charge in [0.1, 0.15) is 12.3 Å². The van der Waals surface area contributed by atoms with Crippen LogP contribution in [0.2, 0.25) is 0 Å². The maximum atomic E-state index is 10.4. The van der Waals surface area contributed by atoms with Gasteiger partial charge in [0.05, 0.1) is 5.69 Å². The van der Waals surface area contributed by atoms with Crippen molar-refractivity contribution in [1.82, 2.24) is 4.98 Å². The molecule has 1 rings (SSSR count). The Balaban J connectivity index is 2.88. The molecule has 1 aromatic heterocycles. The van der Waals surface area contributed by atoms with Crippen LogP contribution in [0.5, 0.6) is 0 Å². The minimum absolute atomic E-state index is 0.0652. The van der Waals surface area contributed by atoms with E-state index in [-0.39, 0.29) is 12.3 Å². The summed E-state index contributed by atoms with van der Waals surface area (Å²) in [6.07, 6.45) is 0. The first-order valence-corrected chi connectivity index (χ1v) is 3.19. The number of aromatic nitrogens is 1. The Hall–Kier alpha value is -1.46. The molecule has 0 aliphatic rings. The van der Waals surface area contributed by atoms with E-state index in [0.717, 1.165) is 0 Å². The number of pyridine rings is 1. The number of hydrogen-bond acceptors (Lipinski definition) is 4. The van der Waals surface area contributed by atoms with Gasteiger partial charge in [-0.25, -0.2) is 14.7 Å². The zero-order valence-electron chi connectivity index (χ0n) is 6.10. The summed E-state index contributed by atoms with van der Waals surface area (Å²) in [5, 5.41) is 16.6. The topological polar surface area (TPSA) is 79.7 Å². The van der Waals surface area contributed by atoms with Crippen molar-refractivity contribution in [3.63, 3.8) is 0 Å². The second-order valence-corrected chi connectivity index (χ2v) is 2.09. The molecule has 0 aliphatic heterocycles. The van der Waals surface area contributed by atoms with Gasteiger partial charge >= 0.3 is 5.97 Å². The van der Waals surface area contributed by atoms with E-state index in [9.17, 15) is 4.79 Å². The summed E-state index contributed by atoms with van der Waals surface area (Å²) < 4.78 is 0. The Bertz CT molecular complexity index is 286. The number of carboxylic acid groups (broad SMARTS) is 1. The Morgan fingerprint density at radius 2 is 2.33 bits per heavy atom. The van der Waals surface area contributed by atoms with Gasteiger partial charge in [0.25, 0.3) is 0 Å². The van der Waals surface area contributed by atoms with Crippen molar-refractivity contribution in [2.75, 3.05) is 0 Å². The van der Waals surface area contributed by atoms with Gasteiger partial charge in [-0.2, -0.15) is 0 Å². The third-order valence-corrected chi connectivity index (χ3v) is 1.24. The highest BCUT2D eigenvalue weighted by Gasteiger charge is 2.04. The van der Waals surface area contributed by atoms with Crippen LogP contribution >= 0.6 is 0 Å². The molecular weight excluding hydrogens is 162 g/mol.